The number of benzene rings is 2. The molecule has 2 aromatic carbocycles. The summed E-state index contributed by atoms with van der Waals surface area (Å²) in [7, 11) is 1.64. The van der Waals surface area contributed by atoms with Crippen LogP contribution in [0.15, 0.2) is 75.3 Å². The molecule has 7 nitrogen and oxygen atoms in total. The van der Waals surface area contributed by atoms with E-state index >= 15 is 0 Å². The highest BCUT2D eigenvalue weighted by Crippen LogP contribution is 2.36. The maximum atomic E-state index is 13.2. The zero-order valence-electron chi connectivity index (χ0n) is 18.2. The summed E-state index contributed by atoms with van der Waals surface area (Å²) < 4.78 is 22.3. The Morgan fingerprint density at radius 1 is 1.12 bits per heavy atom. The molecule has 0 saturated carbocycles. The van der Waals surface area contributed by atoms with Gasteiger partial charge in [-0.05, 0) is 60.2 Å². The van der Waals surface area contributed by atoms with Crippen LogP contribution in [-0.4, -0.2) is 42.7 Å². The van der Waals surface area contributed by atoms with Gasteiger partial charge < -0.3 is 18.6 Å². The summed E-state index contributed by atoms with van der Waals surface area (Å²) in [4.78, 5) is 14.2. The molecule has 0 radical (unpaired) electrons. The van der Waals surface area contributed by atoms with Crippen molar-refractivity contribution in [1.82, 2.24) is 5.01 Å². The smallest absolute Gasteiger partial charge is 0.253 e. The number of amides is 1. The summed E-state index contributed by atoms with van der Waals surface area (Å²) in [6.45, 7) is 1.27. The molecule has 2 aliphatic heterocycles. The number of nitrogens with zero attached hydrogens (tertiary/aromatic N) is 2. The zero-order valence-corrected chi connectivity index (χ0v) is 19.0. The van der Waals surface area contributed by atoms with Gasteiger partial charge in [-0.25, -0.2) is 5.01 Å². The lowest BCUT2D eigenvalue weighted by molar-refractivity contribution is -0.130. The summed E-state index contributed by atoms with van der Waals surface area (Å²) in [5, 5.41) is 6.24. The Morgan fingerprint density at radius 3 is 2.70 bits per heavy atom. The molecule has 3 aromatic rings. The van der Waals surface area contributed by atoms with Crippen LogP contribution in [0.1, 0.15) is 30.2 Å². The molecule has 2 aliphatic rings. The predicted octanol–water partition coefficient (Wildman–Crippen LogP) is 4.92. The van der Waals surface area contributed by atoms with Crippen LogP contribution in [-0.2, 0) is 4.79 Å². The number of hydrogen-bond donors (Lipinski definition) is 0. The van der Waals surface area contributed by atoms with Crippen molar-refractivity contribution >= 4 is 23.4 Å². The maximum Gasteiger partial charge on any atom is 0.253 e. The van der Waals surface area contributed by atoms with E-state index in [4.69, 9.17) is 18.6 Å². The van der Waals surface area contributed by atoms with Crippen LogP contribution in [0.3, 0.4) is 0 Å². The summed E-state index contributed by atoms with van der Waals surface area (Å²) in [5.74, 6) is 3.12. The van der Waals surface area contributed by atoms with Gasteiger partial charge in [0.1, 0.15) is 17.6 Å². The number of carbonyl (C=O) groups excluding carboxylic acids is 1. The first-order valence-corrected chi connectivity index (χ1v) is 11.8. The third kappa shape index (κ3) is 4.71. The van der Waals surface area contributed by atoms with E-state index in [2.05, 4.69) is 5.10 Å². The molecule has 8 heteroatoms. The molecule has 33 heavy (non-hydrogen) atoms. The van der Waals surface area contributed by atoms with Crippen molar-refractivity contribution in [1.29, 1.82) is 0 Å². The van der Waals surface area contributed by atoms with Crippen molar-refractivity contribution < 1.29 is 23.4 Å². The molecule has 3 heterocycles. The fraction of sp³-hybridized carbons (Fsp3) is 0.280. The van der Waals surface area contributed by atoms with E-state index in [0.29, 0.717) is 19.6 Å². The van der Waals surface area contributed by atoms with Gasteiger partial charge in [0.2, 0.25) is 0 Å². The third-order valence-corrected chi connectivity index (χ3v) is 6.52. The van der Waals surface area contributed by atoms with Gasteiger partial charge in [-0.1, -0.05) is 0 Å². The number of methoxy groups -OCH3 is 1. The van der Waals surface area contributed by atoms with E-state index in [1.165, 1.54) is 11.8 Å². The molecule has 0 fully saturated rings. The average molecular weight is 465 g/mol. The number of hydrogen-bond acceptors (Lipinski definition) is 7. The van der Waals surface area contributed by atoms with E-state index in [0.717, 1.165) is 45.6 Å². The van der Waals surface area contributed by atoms with Crippen LogP contribution in [0.5, 0.6) is 17.2 Å². The summed E-state index contributed by atoms with van der Waals surface area (Å²) in [5.41, 5.74) is 1.80. The lowest BCUT2D eigenvalue weighted by atomic mass is 10.0. The van der Waals surface area contributed by atoms with Gasteiger partial charge in [0.15, 0.2) is 11.5 Å². The first-order valence-electron chi connectivity index (χ1n) is 10.8. The Bertz CT molecular complexity index is 1140. The van der Waals surface area contributed by atoms with Gasteiger partial charge in [0, 0.05) is 17.7 Å². The van der Waals surface area contributed by atoms with Crippen molar-refractivity contribution in [3.63, 3.8) is 0 Å². The van der Waals surface area contributed by atoms with Crippen molar-refractivity contribution in [3.8, 4) is 17.2 Å². The molecule has 0 spiro atoms. The van der Waals surface area contributed by atoms with Crippen LogP contribution < -0.4 is 14.2 Å². The monoisotopic (exact) mass is 464 g/mol. The Kier molecular flexibility index (Phi) is 6.26. The van der Waals surface area contributed by atoms with Crippen molar-refractivity contribution in [2.75, 3.05) is 26.1 Å². The summed E-state index contributed by atoms with van der Waals surface area (Å²) in [6.07, 6.45) is 3.06. The molecule has 0 unspecified atom stereocenters. The molecule has 170 valence electrons. The lowest BCUT2D eigenvalue weighted by Crippen LogP contribution is -2.28. The van der Waals surface area contributed by atoms with Gasteiger partial charge in [-0.3, -0.25) is 4.79 Å². The van der Waals surface area contributed by atoms with Crippen molar-refractivity contribution in [3.05, 3.63) is 72.2 Å². The van der Waals surface area contributed by atoms with E-state index in [1.54, 1.807) is 18.4 Å². The topological polar surface area (TPSA) is 73.5 Å². The van der Waals surface area contributed by atoms with Crippen LogP contribution in [0.4, 0.5) is 0 Å². The molecule has 1 atom stereocenters. The Morgan fingerprint density at radius 2 is 1.94 bits per heavy atom. The number of hydrazone groups is 1. The summed E-state index contributed by atoms with van der Waals surface area (Å²) >= 11 is 1.45. The maximum absolute atomic E-state index is 13.2. The minimum absolute atomic E-state index is 0.0861. The third-order valence-electron chi connectivity index (χ3n) is 5.54. The molecule has 0 aliphatic carbocycles. The van der Waals surface area contributed by atoms with E-state index in [-0.39, 0.29) is 17.7 Å². The highest BCUT2D eigenvalue weighted by Gasteiger charge is 2.34. The van der Waals surface area contributed by atoms with Gasteiger partial charge in [-0.2, -0.15) is 5.10 Å². The first-order chi connectivity index (χ1) is 16.2. The second-order valence-corrected chi connectivity index (χ2v) is 8.75. The minimum Gasteiger partial charge on any atom is -0.497 e. The van der Waals surface area contributed by atoms with Crippen LogP contribution in [0, 0.1) is 0 Å². The van der Waals surface area contributed by atoms with Crippen LogP contribution in [0.25, 0.3) is 0 Å². The molecular formula is C25H24N2O5S. The van der Waals surface area contributed by atoms with Crippen molar-refractivity contribution in [2.45, 2.75) is 23.8 Å². The lowest BCUT2D eigenvalue weighted by Gasteiger charge is -2.19. The predicted molar refractivity (Wildman–Crippen MR) is 125 cm³/mol. The highest BCUT2D eigenvalue weighted by atomic mass is 32.2. The number of fused-ring (bicyclic) bond motifs is 1. The van der Waals surface area contributed by atoms with E-state index in [9.17, 15) is 4.79 Å². The van der Waals surface area contributed by atoms with E-state index in [1.807, 2.05) is 54.6 Å². The highest BCUT2D eigenvalue weighted by molar-refractivity contribution is 8.00. The van der Waals surface area contributed by atoms with Crippen LogP contribution >= 0.6 is 11.8 Å². The fourth-order valence-corrected chi connectivity index (χ4v) is 4.62. The number of carbonyl (C=O) groups is 1. The fourth-order valence-electron chi connectivity index (χ4n) is 3.85. The molecular weight excluding hydrogens is 440 g/mol. The number of furan rings is 1. The van der Waals surface area contributed by atoms with Gasteiger partial charge in [0.05, 0.1) is 38.1 Å². The second kappa shape index (κ2) is 9.62. The van der Waals surface area contributed by atoms with Crippen LogP contribution in [0.2, 0.25) is 0 Å². The largest absolute Gasteiger partial charge is 0.497 e. The molecule has 0 bridgehead atoms. The first kappa shape index (κ1) is 21.5. The normalized spacial score (nSPS) is 17.4. The SMILES string of the molecule is COc1ccc(C2=NN(C(=O)CSc3ccc4c(c3)OCCCO4)[C@H](c3ccco3)C2)cc1. The molecule has 1 amide bonds. The van der Waals surface area contributed by atoms with Gasteiger partial charge >= 0.3 is 0 Å². The zero-order chi connectivity index (χ0) is 22.6. The minimum atomic E-state index is -0.269. The second-order valence-electron chi connectivity index (χ2n) is 7.70. The number of thioether (sulfide) groups is 1. The number of rotatable bonds is 6. The molecule has 1 aromatic heterocycles. The molecule has 0 saturated heterocycles. The van der Waals surface area contributed by atoms with E-state index < -0.39 is 0 Å². The Balaban J connectivity index is 1.33. The quantitative estimate of drug-likeness (QED) is 0.482. The Labute approximate surface area is 196 Å². The average Bonchev–Trinajstić information content (AvgIpc) is 3.48. The van der Waals surface area contributed by atoms with Crippen molar-refractivity contribution in [2.24, 2.45) is 5.10 Å². The van der Waals surface area contributed by atoms with Gasteiger partial charge in [-0.15, -0.1) is 11.8 Å². The standard InChI is InChI=1S/C25H24N2O5S/c1-29-18-7-5-17(6-8-18)20-15-21(22-4-2-11-30-22)27(26-20)25(28)16-33-19-9-10-23-24(14-19)32-13-3-12-31-23/h2,4-11,14,21H,3,12-13,15-16H2,1H3/t21-/m0/s1. The summed E-state index contributed by atoms with van der Waals surface area (Å²) in [6, 6.07) is 16.9. The number of ether oxygens (including phenoxy) is 3. The molecule has 0 N–H and O–H groups in total. The van der Waals surface area contributed by atoms with Gasteiger partial charge in [0.25, 0.3) is 5.91 Å². The Hall–Kier alpha value is -3.39. The molecule has 5 rings (SSSR count).